The number of rotatable bonds is 4. The molecule has 0 saturated heterocycles. The van der Waals surface area contributed by atoms with Gasteiger partial charge in [-0.2, -0.15) is 8.42 Å². The van der Waals surface area contributed by atoms with Gasteiger partial charge in [0.2, 0.25) is 0 Å². The lowest BCUT2D eigenvalue weighted by Gasteiger charge is -1.89. The molecular formula is C6H10O4S. The fourth-order valence-corrected chi connectivity index (χ4v) is 0.567. The lowest BCUT2D eigenvalue weighted by molar-refractivity contribution is 0.356. The minimum absolute atomic E-state index is 0.857. The average molecular weight is 178 g/mol. The molecule has 0 spiro atoms. The highest BCUT2D eigenvalue weighted by molar-refractivity contribution is 7.81. The van der Waals surface area contributed by atoms with Crippen LogP contribution in [0.15, 0.2) is 24.5 Å². The monoisotopic (exact) mass is 178 g/mol. The van der Waals surface area contributed by atoms with E-state index >= 15 is 0 Å². The van der Waals surface area contributed by atoms with Crippen LogP contribution >= 0.6 is 0 Å². The van der Waals surface area contributed by atoms with E-state index in [4.69, 9.17) is 4.55 Å². The Morgan fingerprint density at radius 2 is 2.09 bits per heavy atom. The van der Waals surface area contributed by atoms with E-state index in [0.717, 1.165) is 12.7 Å². The first-order valence-electron chi connectivity index (χ1n) is 3.03. The molecule has 0 heterocycles. The van der Waals surface area contributed by atoms with E-state index in [1.54, 1.807) is 6.08 Å². The van der Waals surface area contributed by atoms with Crippen molar-refractivity contribution >= 4 is 10.4 Å². The van der Waals surface area contributed by atoms with Crippen molar-refractivity contribution in [3.63, 3.8) is 0 Å². The second-order valence-corrected chi connectivity index (χ2v) is 2.74. The summed E-state index contributed by atoms with van der Waals surface area (Å²) in [5.74, 6) is 0. The van der Waals surface area contributed by atoms with E-state index < -0.39 is 10.4 Å². The molecule has 4 nitrogen and oxygen atoms in total. The van der Waals surface area contributed by atoms with Crippen LogP contribution in [0, 0.1) is 0 Å². The van der Waals surface area contributed by atoms with E-state index in [1.165, 1.54) is 6.08 Å². The molecule has 0 unspecified atom stereocenters. The van der Waals surface area contributed by atoms with E-state index in [9.17, 15) is 8.42 Å². The molecule has 0 saturated carbocycles. The lowest BCUT2D eigenvalue weighted by Crippen LogP contribution is -1.96. The normalized spacial score (nSPS) is 12.9. The third-order valence-corrected chi connectivity index (χ3v) is 1.09. The van der Waals surface area contributed by atoms with Crippen molar-refractivity contribution in [2.45, 2.75) is 13.3 Å². The van der Waals surface area contributed by atoms with Crippen LogP contribution in [-0.2, 0) is 14.6 Å². The molecule has 64 valence electrons. The fraction of sp³-hybridized carbons (Fsp3) is 0.333. The molecule has 0 radical (unpaired) electrons. The molecule has 1 N–H and O–H groups in total. The third kappa shape index (κ3) is 9.19. The summed E-state index contributed by atoms with van der Waals surface area (Å²) >= 11 is 0. The summed E-state index contributed by atoms with van der Waals surface area (Å²) in [6.45, 7) is 1.94. The maximum Gasteiger partial charge on any atom is 0.445 e. The van der Waals surface area contributed by atoms with Gasteiger partial charge in [-0.1, -0.05) is 19.1 Å². The Bertz CT molecular complexity index is 237. The van der Waals surface area contributed by atoms with Gasteiger partial charge in [-0.25, -0.2) is 0 Å². The van der Waals surface area contributed by atoms with Gasteiger partial charge in [0.1, 0.15) is 6.26 Å². The maximum absolute atomic E-state index is 9.92. The molecule has 0 rings (SSSR count). The lowest BCUT2D eigenvalue weighted by atomic mass is 10.4. The van der Waals surface area contributed by atoms with Crippen LogP contribution in [0.4, 0.5) is 0 Å². The minimum Gasteiger partial charge on any atom is -0.370 e. The highest BCUT2D eigenvalue weighted by Gasteiger charge is 1.97. The van der Waals surface area contributed by atoms with Crippen molar-refractivity contribution in [1.29, 1.82) is 0 Å². The zero-order chi connectivity index (χ0) is 8.74. The van der Waals surface area contributed by atoms with Crippen LogP contribution in [0.3, 0.4) is 0 Å². The third-order valence-electron chi connectivity index (χ3n) is 0.739. The predicted molar refractivity (Wildman–Crippen MR) is 41.2 cm³/mol. The van der Waals surface area contributed by atoms with E-state index in [2.05, 4.69) is 4.18 Å². The van der Waals surface area contributed by atoms with Crippen molar-refractivity contribution in [3.8, 4) is 0 Å². The predicted octanol–water partition coefficient (Wildman–Crippen LogP) is 1.29. The molecule has 0 amide bonds. The van der Waals surface area contributed by atoms with Crippen molar-refractivity contribution in [2.24, 2.45) is 0 Å². The van der Waals surface area contributed by atoms with Crippen LogP contribution < -0.4 is 0 Å². The second-order valence-electron chi connectivity index (χ2n) is 1.69. The summed E-state index contributed by atoms with van der Waals surface area (Å²) in [5.41, 5.74) is 0. The van der Waals surface area contributed by atoms with Gasteiger partial charge in [0, 0.05) is 0 Å². The van der Waals surface area contributed by atoms with E-state index in [0.29, 0.717) is 0 Å². The standard InChI is InChI=1S/C6H10O4S/c1-2-3-4-5-6-10-11(7,8)9/h3-6H,2H2,1H3,(H,7,8,9)/b4-3+,6-5+. The zero-order valence-electron chi connectivity index (χ0n) is 6.10. The van der Waals surface area contributed by atoms with Gasteiger partial charge in [-0.05, 0) is 12.5 Å². The Hall–Kier alpha value is -0.810. The molecule has 5 heteroatoms. The van der Waals surface area contributed by atoms with Crippen molar-refractivity contribution in [1.82, 2.24) is 0 Å². The summed E-state index contributed by atoms with van der Waals surface area (Å²) in [6.07, 6.45) is 6.55. The maximum atomic E-state index is 9.92. The van der Waals surface area contributed by atoms with Gasteiger partial charge in [0.15, 0.2) is 0 Å². The molecule has 0 aliphatic rings. The van der Waals surface area contributed by atoms with Gasteiger partial charge >= 0.3 is 10.4 Å². The molecular weight excluding hydrogens is 168 g/mol. The van der Waals surface area contributed by atoms with Gasteiger partial charge in [0.05, 0.1) is 0 Å². The first kappa shape index (κ1) is 10.2. The Morgan fingerprint density at radius 3 is 2.55 bits per heavy atom. The number of hydrogen-bond donors (Lipinski definition) is 1. The van der Waals surface area contributed by atoms with Gasteiger partial charge in [-0.3, -0.25) is 4.55 Å². The van der Waals surface area contributed by atoms with Crippen molar-refractivity contribution < 1.29 is 17.2 Å². The van der Waals surface area contributed by atoms with Crippen LogP contribution in [0.2, 0.25) is 0 Å². The molecule has 0 atom stereocenters. The Kier molecular flexibility index (Phi) is 4.56. The molecule has 0 fully saturated rings. The number of hydrogen-bond acceptors (Lipinski definition) is 3. The summed E-state index contributed by atoms with van der Waals surface area (Å²) in [5, 5.41) is 0. The molecule has 0 aromatic heterocycles. The Balaban J connectivity index is 3.71. The Morgan fingerprint density at radius 1 is 1.45 bits per heavy atom. The summed E-state index contributed by atoms with van der Waals surface area (Å²) in [4.78, 5) is 0. The van der Waals surface area contributed by atoms with Crippen LogP contribution in [0.5, 0.6) is 0 Å². The Labute approximate surface area is 66.1 Å². The topological polar surface area (TPSA) is 63.6 Å². The van der Waals surface area contributed by atoms with Crippen molar-refractivity contribution in [2.75, 3.05) is 0 Å². The molecule has 0 aliphatic heterocycles. The molecule has 0 bridgehead atoms. The van der Waals surface area contributed by atoms with Crippen LogP contribution in [-0.4, -0.2) is 13.0 Å². The van der Waals surface area contributed by atoms with Gasteiger partial charge in [-0.15, -0.1) is 0 Å². The molecule has 0 aliphatic carbocycles. The smallest absolute Gasteiger partial charge is 0.370 e. The molecule has 0 aromatic carbocycles. The van der Waals surface area contributed by atoms with Gasteiger partial charge < -0.3 is 4.18 Å². The second kappa shape index (κ2) is 4.92. The summed E-state index contributed by atoms with van der Waals surface area (Å²) in [6, 6.07) is 0. The average Bonchev–Trinajstić information content (AvgIpc) is 1.85. The first-order valence-corrected chi connectivity index (χ1v) is 4.40. The summed E-state index contributed by atoms with van der Waals surface area (Å²) in [7, 11) is -4.33. The molecule has 0 aromatic rings. The molecule has 11 heavy (non-hydrogen) atoms. The van der Waals surface area contributed by atoms with E-state index in [1.807, 2.05) is 13.0 Å². The van der Waals surface area contributed by atoms with E-state index in [-0.39, 0.29) is 0 Å². The summed E-state index contributed by atoms with van der Waals surface area (Å²) < 4.78 is 31.8. The van der Waals surface area contributed by atoms with Crippen LogP contribution in [0.25, 0.3) is 0 Å². The highest BCUT2D eigenvalue weighted by Crippen LogP contribution is 1.88. The van der Waals surface area contributed by atoms with Crippen molar-refractivity contribution in [3.05, 3.63) is 24.5 Å². The van der Waals surface area contributed by atoms with Crippen LogP contribution in [0.1, 0.15) is 13.3 Å². The minimum atomic E-state index is -4.33. The quantitative estimate of drug-likeness (QED) is 0.400. The SMILES string of the molecule is CC/C=C/C=C/OS(=O)(=O)O. The van der Waals surface area contributed by atoms with Gasteiger partial charge in [0.25, 0.3) is 0 Å². The fourth-order valence-electron chi connectivity index (χ4n) is 0.362. The first-order chi connectivity index (χ1) is 5.06. The largest absolute Gasteiger partial charge is 0.445 e. The zero-order valence-corrected chi connectivity index (χ0v) is 6.91. The number of allylic oxidation sites excluding steroid dienone is 3. The highest BCUT2D eigenvalue weighted by atomic mass is 32.3.